The van der Waals surface area contributed by atoms with Gasteiger partial charge in [0.05, 0.1) is 0 Å². The number of hydrogen-bond acceptors (Lipinski definition) is 0. The zero-order valence-corrected chi connectivity index (χ0v) is 12.1. The Balaban J connectivity index is -0.00000000167. The first kappa shape index (κ1) is 25.0. The van der Waals surface area contributed by atoms with Gasteiger partial charge in [0.1, 0.15) is 0 Å². The van der Waals surface area contributed by atoms with Gasteiger partial charge in [-0.2, -0.15) is 0 Å². The van der Waals surface area contributed by atoms with Crippen molar-refractivity contribution in [3.8, 4) is 0 Å². The van der Waals surface area contributed by atoms with Crippen LogP contribution in [-0.2, 0) is 82.7 Å². The quantitative estimate of drug-likeness (QED) is 0.304. The van der Waals surface area contributed by atoms with Gasteiger partial charge in [-0.05, 0) is 0 Å². The number of hydrogen-bond donors (Lipinski definition) is 0. The molecule has 0 aliphatic heterocycles. The van der Waals surface area contributed by atoms with Gasteiger partial charge in [-0.25, -0.2) is 0 Å². The molecule has 0 N–H and O–H groups in total. The minimum absolute atomic E-state index is 0. The molecule has 0 spiro atoms. The molecule has 0 bridgehead atoms. The smallest absolute Gasteiger partial charge is 0 e. The summed E-state index contributed by atoms with van der Waals surface area (Å²) in [6.45, 7) is 0. The first-order chi connectivity index (χ1) is 1.00. The van der Waals surface area contributed by atoms with Crippen LogP contribution in [0.2, 0.25) is 0 Å². The van der Waals surface area contributed by atoms with Crippen molar-refractivity contribution < 1.29 is 82.7 Å². The fraction of sp³-hybridized carbons (Fsp3) is 0. The Morgan fingerprint density at radius 3 is 1.20 bits per heavy atom. The number of rotatable bonds is 0. The molecule has 0 aromatic carbocycles. The van der Waals surface area contributed by atoms with Crippen molar-refractivity contribution in [2.75, 3.05) is 0 Å². The summed E-state index contributed by atoms with van der Waals surface area (Å²) in [7, 11) is 0. The van der Waals surface area contributed by atoms with Crippen molar-refractivity contribution in [3.05, 3.63) is 0 Å². The molecule has 0 aromatic heterocycles. The van der Waals surface area contributed by atoms with Crippen molar-refractivity contribution in [1.82, 2.24) is 0 Å². The molecular weight excluding hydrogens is 630 g/mol. The van der Waals surface area contributed by atoms with E-state index in [9.17, 15) is 0 Å². The second kappa shape index (κ2) is 29.2. The summed E-state index contributed by atoms with van der Waals surface area (Å²) in [5, 5.41) is 0. The van der Waals surface area contributed by atoms with Gasteiger partial charge in [-0.3, -0.25) is 0 Å². The molecule has 0 aliphatic carbocycles. The van der Waals surface area contributed by atoms with Gasteiger partial charge in [0.2, 0.25) is 0 Å². The zero-order chi connectivity index (χ0) is 2.00. The Kier molecular flexibility index (Phi) is 146. The minimum atomic E-state index is 0. The maximum absolute atomic E-state index is 2.06. The first-order valence-electron chi connectivity index (χ1n) is 0.378. The van der Waals surface area contributed by atoms with Gasteiger partial charge in [-0.15, -0.1) is 0 Å². The molecule has 1 radical (unpaired) electrons. The van der Waals surface area contributed by atoms with Crippen molar-refractivity contribution in [2.24, 2.45) is 0 Å². The van der Waals surface area contributed by atoms with E-state index in [-0.39, 0.29) is 63.7 Å². The normalized spacial score (nSPS) is 1.00. The molecule has 5 heteroatoms. The molecule has 0 amide bonds. The van der Waals surface area contributed by atoms with Crippen LogP contribution in [0.3, 0.4) is 0 Å². The van der Waals surface area contributed by atoms with Crippen molar-refractivity contribution in [3.63, 3.8) is 0 Å². The van der Waals surface area contributed by atoms with E-state index in [0.717, 1.165) is 0 Å². The van der Waals surface area contributed by atoms with Crippen LogP contribution < -0.4 is 0 Å². The van der Waals surface area contributed by atoms with Crippen LogP contribution in [0, 0.1) is 0 Å². The maximum atomic E-state index is 2.06. The Bertz CT molecular complexity index is 11.6. The summed E-state index contributed by atoms with van der Waals surface area (Å²) >= 11 is 1.72. The van der Waals surface area contributed by atoms with E-state index in [4.69, 9.17) is 0 Å². The molecule has 0 unspecified atom stereocenters. The molecule has 0 rings (SSSR count). The molecular formula is H2BCoHfPtRe. The summed E-state index contributed by atoms with van der Waals surface area (Å²) in [4.78, 5) is 0. The Morgan fingerprint density at radius 1 is 1.20 bits per heavy atom. The van der Waals surface area contributed by atoms with Gasteiger partial charge < -0.3 is 0 Å². The molecule has 0 heterocycles. The van der Waals surface area contributed by atoms with E-state index in [1.807, 2.05) is 0 Å². The average Bonchev–Trinajstić information content (AvgIpc) is 1.00. The molecule has 5 heavy (non-hydrogen) atoms. The van der Waals surface area contributed by atoms with E-state index in [1.54, 1.807) is 19.0 Å². The van der Waals surface area contributed by atoms with Gasteiger partial charge in [0.25, 0.3) is 0 Å². The van der Waals surface area contributed by atoms with E-state index < -0.39 is 0 Å². The van der Waals surface area contributed by atoms with Crippen LogP contribution in [0.5, 0.6) is 0 Å². The maximum Gasteiger partial charge on any atom is 0 e. The van der Waals surface area contributed by atoms with Crippen LogP contribution in [0.1, 0.15) is 0 Å². The third-order valence-corrected chi connectivity index (χ3v) is 0. The Morgan fingerprint density at radius 2 is 1.20 bits per heavy atom. The van der Waals surface area contributed by atoms with Crippen LogP contribution >= 0.6 is 0 Å². The molecule has 0 saturated carbocycles. The second-order valence-electron chi connectivity index (χ2n) is 0. The monoisotopic (exact) mass is 634 g/mol. The van der Waals surface area contributed by atoms with Crippen molar-refractivity contribution >= 4 is 6.20 Å². The van der Waals surface area contributed by atoms with E-state index in [1.165, 1.54) is 0 Å². The largest absolute Gasteiger partial charge is 0 e. The topological polar surface area (TPSA) is 0 Å². The predicted molar refractivity (Wildman–Crippen MR) is 8.54 cm³/mol. The summed E-state index contributed by atoms with van der Waals surface area (Å²) < 4.78 is 0. The molecule has 0 nitrogen and oxygen atoms in total. The van der Waals surface area contributed by atoms with Crippen molar-refractivity contribution in [1.29, 1.82) is 0 Å². The third-order valence-electron chi connectivity index (χ3n) is 0. The van der Waals surface area contributed by atoms with Gasteiger partial charge in [-0.1, -0.05) is 0 Å². The molecule has 0 fully saturated rings. The zero-order valence-electron chi connectivity index (χ0n) is 2.53. The molecule has 0 aromatic rings. The van der Waals surface area contributed by atoms with E-state index >= 15 is 0 Å². The van der Waals surface area contributed by atoms with Gasteiger partial charge in [0.15, 0.2) is 0 Å². The first-order valence-corrected chi connectivity index (χ1v) is 3.09. The van der Waals surface area contributed by atoms with E-state index in [2.05, 4.69) is 6.20 Å². The van der Waals surface area contributed by atoms with Crippen molar-refractivity contribution in [2.45, 2.75) is 0 Å². The fourth-order valence-corrected chi connectivity index (χ4v) is 0. The summed E-state index contributed by atoms with van der Waals surface area (Å²) in [6.07, 6.45) is 2.06. The second-order valence-corrected chi connectivity index (χ2v) is 0. The Hall–Kier alpha value is 2.79. The molecule has 35 valence electrons. The fourth-order valence-electron chi connectivity index (χ4n) is 0. The third kappa shape index (κ3) is 20.0. The molecule has 0 aliphatic rings. The predicted octanol–water partition coefficient (Wildman–Crippen LogP) is -0.926. The molecule has 0 saturated heterocycles. The average molecular weight is 632 g/mol. The molecule has 0 atom stereocenters. The summed E-state index contributed by atoms with van der Waals surface area (Å²) in [6, 6.07) is 0. The summed E-state index contributed by atoms with van der Waals surface area (Å²) in [5.74, 6) is 0. The van der Waals surface area contributed by atoms with E-state index in [0.29, 0.717) is 0 Å². The van der Waals surface area contributed by atoms with Crippen LogP contribution in [-0.4, -0.2) is 6.20 Å². The summed E-state index contributed by atoms with van der Waals surface area (Å²) in [5.41, 5.74) is 0. The van der Waals surface area contributed by atoms with Crippen LogP contribution in [0.4, 0.5) is 0 Å². The van der Waals surface area contributed by atoms with Gasteiger partial charge >= 0.3 is 25.2 Å². The Labute approximate surface area is 87.5 Å². The van der Waals surface area contributed by atoms with Crippen LogP contribution in [0.25, 0.3) is 0 Å². The van der Waals surface area contributed by atoms with Crippen LogP contribution in [0.15, 0.2) is 0 Å². The SMILES string of the molecule is [BH2][Re].[Co].[Hf].[Pt]. The standard InChI is InChI=1S/BH2.Co.Hf.Pt.Re/h1H2;;;;/q+1;;;;-1. The minimum Gasteiger partial charge on any atom is 0 e. The van der Waals surface area contributed by atoms with Gasteiger partial charge in [0, 0.05) is 63.7 Å².